The van der Waals surface area contributed by atoms with Crippen molar-refractivity contribution in [3.63, 3.8) is 0 Å². The highest BCUT2D eigenvalue weighted by molar-refractivity contribution is 5.81. The molecule has 1 aromatic carbocycles. The first kappa shape index (κ1) is 16.5. The van der Waals surface area contributed by atoms with Crippen LogP contribution in [0.15, 0.2) is 24.3 Å². The molecule has 1 aliphatic carbocycles. The molecule has 3 heteroatoms. The average molecular weight is 314 g/mol. The summed E-state index contributed by atoms with van der Waals surface area (Å²) in [5.41, 5.74) is 2.62. The van der Waals surface area contributed by atoms with Crippen LogP contribution in [0.5, 0.6) is 0 Å². The number of piperidine rings is 1. The zero-order valence-electron chi connectivity index (χ0n) is 14.7. The van der Waals surface area contributed by atoms with Gasteiger partial charge < -0.3 is 5.32 Å². The predicted molar refractivity (Wildman–Crippen MR) is 93.8 cm³/mol. The highest BCUT2D eigenvalue weighted by Crippen LogP contribution is 2.37. The van der Waals surface area contributed by atoms with Crippen LogP contribution in [0, 0.1) is 23.7 Å². The van der Waals surface area contributed by atoms with E-state index in [2.05, 4.69) is 55.3 Å². The summed E-state index contributed by atoms with van der Waals surface area (Å²) in [6.45, 7) is 10.9. The molecule has 3 nitrogen and oxygen atoms in total. The molecule has 1 aromatic rings. The van der Waals surface area contributed by atoms with Crippen LogP contribution in [0.25, 0.3) is 0 Å². The lowest BCUT2D eigenvalue weighted by molar-refractivity contribution is -0.122. The van der Waals surface area contributed by atoms with Crippen molar-refractivity contribution in [1.82, 2.24) is 10.2 Å². The summed E-state index contributed by atoms with van der Waals surface area (Å²) in [6.07, 6.45) is 2.39. The summed E-state index contributed by atoms with van der Waals surface area (Å²) in [6, 6.07) is 8.56. The molecule has 2 fully saturated rings. The summed E-state index contributed by atoms with van der Waals surface area (Å²) < 4.78 is 0. The highest BCUT2D eigenvalue weighted by Gasteiger charge is 2.38. The number of rotatable bonds is 5. The molecule has 0 radical (unpaired) electrons. The monoisotopic (exact) mass is 314 g/mol. The van der Waals surface area contributed by atoms with E-state index in [1.807, 2.05) is 0 Å². The summed E-state index contributed by atoms with van der Waals surface area (Å²) in [7, 11) is 0. The minimum Gasteiger partial charge on any atom is -0.352 e. The molecule has 1 saturated heterocycles. The number of likely N-dealkylation sites (tertiary alicyclic amines) is 1. The molecule has 2 aliphatic rings. The zero-order valence-corrected chi connectivity index (χ0v) is 14.7. The van der Waals surface area contributed by atoms with Crippen molar-refractivity contribution in [2.45, 2.75) is 46.7 Å². The van der Waals surface area contributed by atoms with Gasteiger partial charge in [0, 0.05) is 32.1 Å². The maximum Gasteiger partial charge on any atom is 0.223 e. The largest absolute Gasteiger partial charge is 0.352 e. The number of hydrogen-bond donors (Lipinski definition) is 1. The number of benzene rings is 1. The summed E-state index contributed by atoms with van der Waals surface area (Å²) >= 11 is 0. The standard InChI is InChI=1S/C20H30N2O/c1-14-8-15(2)12-22(11-14)13-18-7-5-4-6-17(18)10-21-20(23)19-9-16(19)3/h4-7,14-16,19H,8-13H2,1-3H3,(H,21,23)/t14-,15-,16-,19+/m0/s1. The van der Waals surface area contributed by atoms with E-state index in [0.29, 0.717) is 12.5 Å². The second-order valence-corrected chi connectivity index (χ2v) is 7.95. The lowest BCUT2D eigenvalue weighted by Gasteiger charge is -2.35. The van der Waals surface area contributed by atoms with E-state index in [1.165, 1.54) is 30.6 Å². The first-order valence-electron chi connectivity index (χ1n) is 9.09. The first-order valence-corrected chi connectivity index (χ1v) is 9.09. The Morgan fingerprint density at radius 2 is 1.70 bits per heavy atom. The van der Waals surface area contributed by atoms with E-state index in [0.717, 1.165) is 24.8 Å². The fourth-order valence-electron chi connectivity index (χ4n) is 4.05. The van der Waals surface area contributed by atoms with Gasteiger partial charge in [0.15, 0.2) is 0 Å². The van der Waals surface area contributed by atoms with Gasteiger partial charge in [-0.3, -0.25) is 9.69 Å². The molecule has 4 atom stereocenters. The first-order chi connectivity index (χ1) is 11.0. The summed E-state index contributed by atoms with van der Waals surface area (Å²) in [5.74, 6) is 2.61. The van der Waals surface area contributed by atoms with E-state index >= 15 is 0 Å². The third-order valence-electron chi connectivity index (χ3n) is 5.36. The normalized spacial score (nSPS) is 30.9. The summed E-state index contributed by atoms with van der Waals surface area (Å²) in [4.78, 5) is 14.6. The van der Waals surface area contributed by atoms with E-state index in [9.17, 15) is 4.79 Å². The highest BCUT2D eigenvalue weighted by atomic mass is 16.2. The molecule has 126 valence electrons. The fourth-order valence-corrected chi connectivity index (χ4v) is 4.05. The van der Waals surface area contributed by atoms with Gasteiger partial charge in [0.25, 0.3) is 0 Å². The molecule has 0 spiro atoms. The van der Waals surface area contributed by atoms with Crippen molar-refractivity contribution in [1.29, 1.82) is 0 Å². The number of carbonyl (C=O) groups is 1. The van der Waals surface area contributed by atoms with Crippen LogP contribution in [0.2, 0.25) is 0 Å². The quantitative estimate of drug-likeness (QED) is 0.903. The molecule has 1 aliphatic heterocycles. The molecule has 0 bridgehead atoms. The van der Waals surface area contributed by atoms with Crippen molar-refractivity contribution in [3.05, 3.63) is 35.4 Å². The second kappa shape index (κ2) is 7.04. The summed E-state index contributed by atoms with van der Waals surface area (Å²) in [5, 5.41) is 3.13. The Bertz CT molecular complexity index is 546. The lowest BCUT2D eigenvalue weighted by atomic mass is 9.91. The maximum atomic E-state index is 12.1. The fraction of sp³-hybridized carbons (Fsp3) is 0.650. The van der Waals surface area contributed by atoms with Crippen LogP contribution in [-0.4, -0.2) is 23.9 Å². The molecular formula is C20H30N2O. The molecule has 1 saturated carbocycles. The predicted octanol–water partition coefficient (Wildman–Crippen LogP) is 3.44. The van der Waals surface area contributed by atoms with Gasteiger partial charge in [0.05, 0.1) is 0 Å². The molecule has 1 heterocycles. The molecule has 0 unspecified atom stereocenters. The molecule has 3 rings (SSSR count). The van der Waals surface area contributed by atoms with E-state index in [1.54, 1.807) is 0 Å². The number of nitrogens with zero attached hydrogens (tertiary/aromatic N) is 1. The Kier molecular flexibility index (Phi) is 5.05. The number of nitrogens with one attached hydrogen (secondary N) is 1. The molecule has 0 aromatic heterocycles. The van der Waals surface area contributed by atoms with Gasteiger partial charge in [-0.1, -0.05) is 45.0 Å². The van der Waals surface area contributed by atoms with Crippen LogP contribution >= 0.6 is 0 Å². The van der Waals surface area contributed by atoms with Crippen LogP contribution in [-0.2, 0) is 17.9 Å². The smallest absolute Gasteiger partial charge is 0.223 e. The Morgan fingerprint density at radius 3 is 2.30 bits per heavy atom. The number of carbonyl (C=O) groups excluding carboxylic acids is 1. The van der Waals surface area contributed by atoms with Crippen molar-refractivity contribution in [3.8, 4) is 0 Å². The van der Waals surface area contributed by atoms with Crippen LogP contribution in [0.1, 0.15) is 44.7 Å². The molecule has 1 amide bonds. The van der Waals surface area contributed by atoms with E-state index in [4.69, 9.17) is 0 Å². The number of amides is 1. The molecule has 1 N–H and O–H groups in total. The number of hydrogen-bond acceptors (Lipinski definition) is 2. The Balaban J connectivity index is 1.60. The van der Waals surface area contributed by atoms with Gasteiger partial charge in [-0.05, 0) is 41.7 Å². The van der Waals surface area contributed by atoms with E-state index < -0.39 is 0 Å². The Hall–Kier alpha value is -1.35. The van der Waals surface area contributed by atoms with Gasteiger partial charge in [-0.2, -0.15) is 0 Å². The van der Waals surface area contributed by atoms with Crippen molar-refractivity contribution in [2.75, 3.05) is 13.1 Å². The lowest BCUT2D eigenvalue weighted by Crippen LogP contribution is -2.38. The average Bonchev–Trinajstić information content (AvgIpc) is 3.22. The van der Waals surface area contributed by atoms with Gasteiger partial charge in [-0.25, -0.2) is 0 Å². The Labute approximate surface area is 140 Å². The van der Waals surface area contributed by atoms with Crippen molar-refractivity contribution < 1.29 is 4.79 Å². The topological polar surface area (TPSA) is 32.3 Å². The van der Waals surface area contributed by atoms with Crippen molar-refractivity contribution >= 4 is 5.91 Å². The minimum atomic E-state index is 0.229. The zero-order chi connectivity index (χ0) is 16.4. The minimum absolute atomic E-state index is 0.229. The molecule has 23 heavy (non-hydrogen) atoms. The van der Waals surface area contributed by atoms with Crippen LogP contribution < -0.4 is 5.32 Å². The van der Waals surface area contributed by atoms with E-state index in [-0.39, 0.29) is 11.8 Å². The van der Waals surface area contributed by atoms with Crippen molar-refractivity contribution in [2.24, 2.45) is 23.7 Å². The maximum absolute atomic E-state index is 12.1. The third-order valence-corrected chi connectivity index (χ3v) is 5.36. The second-order valence-electron chi connectivity index (χ2n) is 7.95. The third kappa shape index (κ3) is 4.35. The SMILES string of the molecule is C[C@H]1C[C@H](C)CN(Cc2ccccc2CNC(=O)[C@@H]2C[C@@H]2C)C1. The van der Waals surface area contributed by atoms with Gasteiger partial charge in [0.1, 0.15) is 0 Å². The van der Waals surface area contributed by atoms with Gasteiger partial charge in [-0.15, -0.1) is 0 Å². The van der Waals surface area contributed by atoms with Crippen LogP contribution in [0.3, 0.4) is 0 Å². The van der Waals surface area contributed by atoms with Crippen LogP contribution in [0.4, 0.5) is 0 Å². The Morgan fingerprint density at radius 1 is 1.09 bits per heavy atom. The molecular weight excluding hydrogens is 284 g/mol. The van der Waals surface area contributed by atoms with Gasteiger partial charge >= 0.3 is 0 Å². The van der Waals surface area contributed by atoms with Gasteiger partial charge in [0.2, 0.25) is 5.91 Å².